The van der Waals surface area contributed by atoms with Crippen LogP contribution in [0.25, 0.3) is 0 Å². The number of benzene rings is 1. The molecule has 6 heteroatoms. The second-order valence-corrected chi connectivity index (χ2v) is 5.13. The molecular weight excluding hydrogens is 279 g/mol. The van der Waals surface area contributed by atoms with Gasteiger partial charge in [-0.15, -0.1) is 0 Å². The van der Waals surface area contributed by atoms with E-state index >= 15 is 0 Å². The Kier molecular flexibility index (Phi) is 3.82. The molecule has 0 radical (unpaired) electrons. The van der Waals surface area contributed by atoms with Crippen molar-refractivity contribution >= 4 is 29.0 Å². The molecule has 1 heterocycles. The predicted molar refractivity (Wildman–Crippen MR) is 67.5 cm³/mol. The highest BCUT2D eigenvalue weighted by Crippen LogP contribution is 2.40. The Morgan fingerprint density at radius 2 is 1.94 bits per heavy atom. The maximum Gasteiger partial charge on any atom is 0.177 e. The van der Waals surface area contributed by atoms with Gasteiger partial charge in [0.05, 0.1) is 35.8 Å². The summed E-state index contributed by atoms with van der Waals surface area (Å²) in [5.74, 6) is -0.140. The van der Waals surface area contributed by atoms with Crippen LogP contribution in [0.2, 0.25) is 10.0 Å². The normalized spacial score (nSPS) is 17.9. The van der Waals surface area contributed by atoms with Crippen LogP contribution in [-0.4, -0.2) is 35.8 Å². The number of carbonyl (C=O) groups excluding carboxylic acids is 1. The molecular formula is C12H12Cl2O4. The molecule has 0 saturated heterocycles. The molecule has 0 fully saturated rings. The first-order valence-electron chi connectivity index (χ1n) is 5.42. The lowest BCUT2D eigenvalue weighted by molar-refractivity contribution is 0.0345. The maximum atomic E-state index is 12.4. The van der Waals surface area contributed by atoms with E-state index in [9.17, 15) is 15.0 Å². The van der Waals surface area contributed by atoms with Crippen LogP contribution in [0.15, 0.2) is 12.1 Å². The van der Waals surface area contributed by atoms with Gasteiger partial charge in [0.15, 0.2) is 5.78 Å². The summed E-state index contributed by atoms with van der Waals surface area (Å²) in [6.07, 6.45) is 0.224. The summed E-state index contributed by atoms with van der Waals surface area (Å²) in [7, 11) is 0. The van der Waals surface area contributed by atoms with E-state index in [1.165, 1.54) is 12.1 Å². The summed E-state index contributed by atoms with van der Waals surface area (Å²) in [5.41, 5.74) is -1.03. The molecule has 1 aliphatic rings. The van der Waals surface area contributed by atoms with Crippen molar-refractivity contribution in [2.24, 2.45) is 5.41 Å². The molecule has 4 nitrogen and oxygen atoms in total. The first kappa shape index (κ1) is 13.6. The second kappa shape index (κ2) is 5.05. The highest BCUT2D eigenvalue weighted by atomic mass is 35.5. The van der Waals surface area contributed by atoms with Crippen LogP contribution in [0.5, 0.6) is 5.75 Å². The van der Waals surface area contributed by atoms with Crippen LogP contribution in [-0.2, 0) is 0 Å². The molecule has 18 heavy (non-hydrogen) atoms. The molecule has 1 aromatic rings. The van der Waals surface area contributed by atoms with Crippen molar-refractivity contribution in [3.8, 4) is 5.75 Å². The molecule has 0 spiro atoms. The zero-order valence-electron chi connectivity index (χ0n) is 9.45. The average molecular weight is 291 g/mol. The summed E-state index contributed by atoms with van der Waals surface area (Å²) in [5, 5.41) is 19.4. The molecule has 0 atom stereocenters. The lowest BCUT2D eigenvalue weighted by atomic mass is 9.79. The number of rotatable bonds is 2. The van der Waals surface area contributed by atoms with Crippen LogP contribution in [0.1, 0.15) is 16.8 Å². The van der Waals surface area contributed by atoms with Gasteiger partial charge in [0, 0.05) is 5.02 Å². The summed E-state index contributed by atoms with van der Waals surface area (Å²) >= 11 is 11.8. The molecule has 0 aliphatic carbocycles. The van der Waals surface area contributed by atoms with Gasteiger partial charge in [-0.1, -0.05) is 23.2 Å². The molecule has 0 bridgehead atoms. The minimum Gasteiger partial charge on any atom is -0.491 e. The average Bonchev–Trinajstić information content (AvgIpc) is 2.49. The van der Waals surface area contributed by atoms with Gasteiger partial charge < -0.3 is 14.9 Å². The number of hydrogen-bond acceptors (Lipinski definition) is 4. The molecule has 2 rings (SSSR count). The maximum absolute atomic E-state index is 12.4. The molecule has 1 aliphatic heterocycles. The Morgan fingerprint density at radius 1 is 1.28 bits per heavy atom. The van der Waals surface area contributed by atoms with Crippen molar-refractivity contribution in [3.63, 3.8) is 0 Å². The van der Waals surface area contributed by atoms with Crippen LogP contribution in [0.4, 0.5) is 0 Å². The smallest absolute Gasteiger partial charge is 0.177 e. The van der Waals surface area contributed by atoms with Crippen molar-refractivity contribution < 1.29 is 19.7 Å². The third-order valence-electron chi connectivity index (χ3n) is 3.17. The van der Waals surface area contributed by atoms with Gasteiger partial charge in [0.1, 0.15) is 5.75 Å². The molecule has 0 saturated carbocycles. The van der Waals surface area contributed by atoms with Gasteiger partial charge in [-0.25, -0.2) is 0 Å². The number of ketones is 1. The zero-order chi connectivity index (χ0) is 13.3. The lowest BCUT2D eigenvalue weighted by Gasteiger charge is -2.25. The standard InChI is InChI=1S/C12H12Cl2O4/c13-7-3-8-10(9(14)4-7)18-2-1-12(5-15,6-16)11(8)17/h3-4,15-16H,1-2,5-6H2. The summed E-state index contributed by atoms with van der Waals surface area (Å²) in [6, 6.07) is 2.93. The molecule has 0 aromatic heterocycles. The number of aliphatic hydroxyl groups is 2. The van der Waals surface area contributed by atoms with E-state index < -0.39 is 24.4 Å². The number of halogens is 2. The van der Waals surface area contributed by atoms with Gasteiger partial charge in [-0.3, -0.25) is 4.79 Å². The number of ether oxygens (including phenoxy) is 1. The Bertz CT molecular complexity index is 483. The van der Waals surface area contributed by atoms with Crippen molar-refractivity contribution in [1.82, 2.24) is 0 Å². The van der Waals surface area contributed by atoms with E-state index in [1.54, 1.807) is 0 Å². The number of Topliss-reactive ketones (excluding diaryl/α,β-unsaturated/α-hetero) is 1. The van der Waals surface area contributed by atoms with Gasteiger partial charge in [0.25, 0.3) is 0 Å². The van der Waals surface area contributed by atoms with Crippen LogP contribution in [0.3, 0.4) is 0 Å². The molecule has 98 valence electrons. The Hall–Kier alpha value is -0.810. The second-order valence-electron chi connectivity index (χ2n) is 4.29. The van der Waals surface area contributed by atoms with E-state index in [0.717, 1.165) is 0 Å². The van der Waals surface area contributed by atoms with E-state index in [2.05, 4.69) is 0 Å². The molecule has 1 aromatic carbocycles. The van der Waals surface area contributed by atoms with Gasteiger partial charge in [0.2, 0.25) is 0 Å². The summed E-state index contributed by atoms with van der Waals surface area (Å²) in [6.45, 7) is -0.703. The van der Waals surface area contributed by atoms with Gasteiger partial charge >= 0.3 is 0 Å². The SMILES string of the molecule is O=C1c2cc(Cl)cc(Cl)c2OCCC1(CO)CO. The fraction of sp³-hybridized carbons (Fsp3) is 0.417. The van der Waals surface area contributed by atoms with Crippen molar-refractivity contribution in [2.75, 3.05) is 19.8 Å². The van der Waals surface area contributed by atoms with Crippen molar-refractivity contribution in [3.05, 3.63) is 27.7 Å². The van der Waals surface area contributed by atoms with Crippen molar-refractivity contribution in [2.45, 2.75) is 6.42 Å². The third-order valence-corrected chi connectivity index (χ3v) is 3.67. The minimum atomic E-state index is -1.24. The summed E-state index contributed by atoms with van der Waals surface area (Å²) < 4.78 is 5.43. The minimum absolute atomic E-state index is 0.196. The Labute approximate surface area is 114 Å². The number of carbonyl (C=O) groups is 1. The third kappa shape index (κ3) is 2.10. The highest BCUT2D eigenvalue weighted by Gasteiger charge is 2.41. The Balaban J connectivity index is 2.59. The first-order valence-corrected chi connectivity index (χ1v) is 6.18. The van der Waals surface area contributed by atoms with Gasteiger partial charge in [-0.2, -0.15) is 0 Å². The van der Waals surface area contributed by atoms with E-state index in [1.807, 2.05) is 0 Å². The Morgan fingerprint density at radius 3 is 2.56 bits per heavy atom. The molecule has 0 unspecified atom stereocenters. The van der Waals surface area contributed by atoms with Crippen LogP contribution in [0, 0.1) is 5.41 Å². The van der Waals surface area contributed by atoms with Crippen LogP contribution >= 0.6 is 23.2 Å². The summed E-state index contributed by atoms with van der Waals surface area (Å²) in [4.78, 5) is 12.4. The fourth-order valence-electron chi connectivity index (χ4n) is 1.98. The topological polar surface area (TPSA) is 66.8 Å². The van der Waals surface area contributed by atoms with Gasteiger partial charge in [-0.05, 0) is 18.6 Å². The monoisotopic (exact) mass is 290 g/mol. The fourth-order valence-corrected chi connectivity index (χ4v) is 2.52. The molecule has 0 amide bonds. The number of aliphatic hydroxyl groups excluding tert-OH is 2. The highest BCUT2D eigenvalue weighted by molar-refractivity contribution is 6.36. The van der Waals surface area contributed by atoms with E-state index in [4.69, 9.17) is 27.9 Å². The first-order chi connectivity index (χ1) is 8.54. The largest absolute Gasteiger partial charge is 0.491 e. The zero-order valence-corrected chi connectivity index (χ0v) is 11.0. The quantitative estimate of drug-likeness (QED) is 0.873. The number of hydrogen-bond donors (Lipinski definition) is 2. The lowest BCUT2D eigenvalue weighted by Crippen LogP contribution is -2.38. The van der Waals surface area contributed by atoms with E-state index in [0.29, 0.717) is 5.02 Å². The number of fused-ring (bicyclic) bond motifs is 1. The molecule has 2 N–H and O–H groups in total. The van der Waals surface area contributed by atoms with Crippen molar-refractivity contribution in [1.29, 1.82) is 0 Å². The predicted octanol–water partition coefficient (Wildman–Crippen LogP) is 1.93. The van der Waals surface area contributed by atoms with E-state index in [-0.39, 0.29) is 29.4 Å². The van der Waals surface area contributed by atoms with Crippen LogP contribution < -0.4 is 4.74 Å².